The summed E-state index contributed by atoms with van der Waals surface area (Å²) in [6.07, 6.45) is 0.384. The number of hydrogen-bond acceptors (Lipinski definition) is 2. The summed E-state index contributed by atoms with van der Waals surface area (Å²) in [6.45, 7) is 4.41. The third-order valence-corrected chi connectivity index (χ3v) is 2.73. The lowest BCUT2D eigenvalue weighted by atomic mass is 9.97. The first-order valence-electron chi connectivity index (χ1n) is 5.47. The lowest BCUT2D eigenvalue weighted by molar-refractivity contribution is -0.121. The van der Waals surface area contributed by atoms with Gasteiger partial charge in [0.05, 0.1) is 0 Å². The Bertz CT molecular complexity index is 376. The summed E-state index contributed by atoms with van der Waals surface area (Å²) in [4.78, 5) is 11.8. The molecule has 16 heavy (non-hydrogen) atoms. The fourth-order valence-electron chi connectivity index (χ4n) is 1.64. The number of carbonyl (C=O) groups excluding carboxylic acids is 1. The number of nitrogens with one attached hydrogen (secondary N) is 1. The molecule has 0 saturated heterocycles. The van der Waals surface area contributed by atoms with Gasteiger partial charge in [-0.05, 0) is 37.2 Å². The number of hydrogen-bond donors (Lipinski definition) is 1. The molecule has 2 nitrogen and oxygen atoms in total. The highest BCUT2D eigenvalue weighted by molar-refractivity contribution is 5.83. The molecule has 0 bridgehead atoms. The van der Waals surface area contributed by atoms with E-state index in [2.05, 4.69) is 5.32 Å². The minimum absolute atomic E-state index is 0.00514. The van der Waals surface area contributed by atoms with Crippen LogP contribution in [0.3, 0.4) is 0 Å². The van der Waals surface area contributed by atoms with E-state index in [0.717, 1.165) is 11.1 Å². The highest BCUT2D eigenvalue weighted by atomic mass is 19.1. The first-order valence-corrected chi connectivity index (χ1v) is 5.47. The van der Waals surface area contributed by atoms with Crippen molar-refractivity contribution in [2.24, 2.45) is 5.92 Å². The lowest BCUT2D eigenvalue weighted by Gasteiger charge is -2.11. The molecule has 1 unspecified atom stereocenters. The van der Waals surface area contributed by atoms with Gasteiger partial charge in [0.25, 0.3) is 0 Å². The van der Waals surface area contributed by atoms with Crippen molar-refractivity contribution in [2.75, 3.05) is 13.6 Å². The molecule has 0 saturated carbocycles. The average molecular weight is 223 g/mol. The topological polar surface area (TPSA) is 29.1 Å². The van der Waals surface area contributed by atoms with Crippen LogP contribution in [0.25, 0.3) is 0 Å². The zero-order valence-corrected chi connectivity index (χ0v) is 10.0. The Kier molecular flexibility index (Phi) is 4.62. The molecule has 1 aromatic rings. The van der Waals surface area contributed by atoms with E-state index in [1.807, 2.05) is 20.9 Å². The molecule has 1 N–H and O–H groups in total. The summed E-state index contributed by atoms with van der Waals surface area (Å²) in [6, 6.07) is 4.55. The van der Waals surface area contributed by atoms with E-state index in [-0.39, 0.29) is 17.5 Å². The molecule has 0 aromatic heterocycles. The largest absolute Gasteiger partial charge is 0.319 e. The molecule has 1 atom stereocenters. The van der Waals surface area contributed by atoms with E-state index in [1.165, 1.54) is 12.1 Å². The molecular weight excluding hydrogens is 205 g/mol. The van der Waals surface area contributed by atoms with E-state index in [4.69, 9.17) is 0 Å². The van der Waals surface area contributed by atoms with Gasteiger partial charge in [0.2, 0.25) is 0 Å². The summed E-state index contributed by atoms with van der Waals surface area (Å²) < 4.78 is 12.9. The Balaban J connectivity index is 2.69. The monoisotopic (exact) mass is 223 g/mol. The molecule has 0 amide bonds. The summed E-state index contributed by atoms with van der Waals surface area (Å²) in [5, 5.41) is 2.98. The van der Waals surface area contributed by atoms with Gasteiger partial charge in [0.15, 0.2) is 0 Å². The Hall–Kier alpha value is -1.22. The highest BCUT2D eigenvalue weighted by Gasteiger charge is 2.13. The van der Waals surface area contributed by atoms with Crippen LogP contribution in [0.15, 0.2) is 18.2 Å². The molecule has 0 aliphatic rings. The molecule has 3 heteroatoms. The van der Waals surface area contributed by atoms with E-state index in [1.54, 1.807) is 6.07 Å². The van der Waals surface area contributed by atoms with Crippen LogP contribution in [-0.2, 0) is 11.2 Å². The molecule has 0 aliphatic carbocycles. The Morgan fingerprint density at radius 2 is 2.19 bits per heavy atom. The fourth-order valence-corrected chi connectivity index (χ4v) is 1.64. The summed E-state index contributed by atoms with van der Waals surface area (Å²) in [7, 11) is 1.83. The van der Waals surface area contributed by atoms with Gasteiger partial charge < -0.3 is 5.32 Å². The quantitative estimate of drug-likeness (QED) is 0.828. The SMILES string of the molecule is CNCC(C)C(=O)Cc1ccc(F)cc1C. The van der Waals surface area contributed by atoms with Gasteiger partial charge in [-0.25, -0.2) is 4.39 Å². The number of benzene rings is 1. The normalized spacial score (nSPS) is 12.5. The zero-order chi connectivity index (χ0) is 12.1. The molecule has 1 aromatic carbocycles. The van der Waals surface area contributed by atoms with Gasteiger partial charge >= 0.3 is 0 Å². The highest BCUT2D eigenvalue weighted by Crippen LogP contribution is 2.13. The Morgan fingerprint density at radius 3 is 2.75 bits per heavy atom. The summed E-state index contributed by atoms with van der Waals surface area (Å²) in [5.41, 5.74) is 1.75. The van der Waals surface area contributed by atoms with Gasteiger partial charge in [-0.1, -0.05) is 13.0 Å². The molecule has 1 rings (SSSR count). The Morgan fingerprint density at radius 1 is 1.50 bits per heavy atom. The van der Waals surface area contributed by atoms with E-state index in [9.17, 15) is 9.18 Å². The molecule has 0 aliphatic heterocycles. The second kappa shape index (κ2) is 5.75. The smallest absolute Gasteiger partial charge is 0.141 e. The van der Waals surface area contributed by atoms with Crippen molar-refractivity contribution in [3.63, 3.8) is 0 Å². The fraction of sp³-hybridized carbons (Fsp3) is 0.462. The standard InChI is InChI=1S/C13H18FNO/c1-9-6-12(14)5-4-11(9)7-13(16)10(2)8-15-3/h4-6,10,15H,7-8H2,1-3H3. The van der Waals surface area contributed by atoms with Crippen molar-refractivity contribution >= 4 is 5.78 Å². The number of carbonyl (C=O) groups is 1. The molecule has 0 fully saturated rings. The van der Waals surface area contributed by atoms with Gasteiger partial charge in [0.1, 0.15) is 11.6 Å². The summed E-state index contributed by atoms with van der Waals surface area (Å²) >= 11 is 0. The van der Waals surface area contributed by atoms with Crippen LogP contribution in [-0.4, -0.2) is 19.4 Å². The third-order valence-electron chi connectivity index (χ3n) is 2.73. The van der Waals surface area contributed by atoms with Gasteiger partial charge in [0, 0.05) is 18.9 Å². The van der Waals surface area contributed by atoms with Crippen molar-refractivity contribution in [1.29, 1.82) is 0 Å². The van der Waals surface area contributed by atoms with Crippen molar-refractivity contribution in [3.05, 3.63) is 35.1 Å². The van der Waals surface area contributed by atoms with Crippen molar-refractivity contribution < 1.29 is 9.18 Å². The number of halogens is 1. The van der Waals surface area contributed by atoms with E-state index in [0.29, 0.717) is 13.0 Å². The second-order valence-corrected chi connectivity index (χ2v) is 4.17. The minimum atomic E-state index is -0.253. The molecule has 0 spiro atoms. The van der Waals surface area contributed by atoms with Crippen molar-refractivity contribution in [1.82, 2.24) is 5.32 Å². The maximum Gasteiger partial charge on any atom is 0.141 e. The van der Waals surface area contributed by atoms with E-state index < -0.39 is 0 Å². The zero-order valence-electron chi connectivity index (χ0n) is 10.0. The van der Waals surface area contributed by atoms with Crippen LogP contribution < -0.4 is 5.32 Å². The van der Waals surface area contributed by atoms with Crippen LogP contribution in [0, 0.1) is 18.7 Å². The predicted octanol–water partition coefficient (Wildman–Crippen LogP) is 2.10. The minimum Gasteiger partial charge on any atom is -0.319 e. The molecule has 0 heterocycles. The van der Waals surface area contributed by atoms with Crippen LogP contribution >= 0.6 is 0 Å². The van der Waals surface area contributed by atoms with Crippen molar-refractivity contribution in [3.8, 4) is 0 Å². The number of Topliss-reactive ketones (excluding diaryl/α,β-unsaturated/α-hetero) is 1. The number of rotatable bonds is 5. The second-order valence-electron chi connectivity index (χ2n) is 4.17. The van der Waals surface area contributed by atoms with Crippen molar-refractivity contribution in [2.45, 2.75) is 20.3 Å². The van der Waals surface area contributed by atoms with Crippen LogP contribution in [0.5, 0.6) is 0 Å². The molecular formula is C13H18FNO. The maximum atomic E-state index is 12.9. The first-order chi connectivity index (χ1) is 7.54. The van der Waals surface area contributed by atoms with Gasteiger partial charge in [-0.3, -0.25) is 4.79 Å². The number of aryl methyl sites for hydroxylation is 1. The first kappa shape index (κ1) is 12.8. The van der Waals surface area contributed by atoms with Gasteiger partial charge in [-0.2, -0.15) is 0 Å². The predicted molar refractivity (Wildman–Crippen MR) is 62.9 cm³/mol. The lowest BCUT2D eigenvalue weighted by Crippen LogP contribution is -2.25. The Labute approximate surface area is 95.9 Å². The van der Waals surface area contributed by atoms with Gasteiger partial charge in [-0.15, -0.1) is 0 Å². The van der Waals surface area contributed by atoms with Crippen LogP contribution in [0.4, 0.5) is 4.39 Å². The average Bonchev–Trinajstić information content (AvgIpc) is 2.22. The molecule has 0 radical (unpaired) electrons. The number of ketones is 1. The van der Waals surface area contributed by atoms with Crippen LogP contribution in [0.2, 0.25) is 0 Å². The third kappa shape index (κ3) is 3.42. The molecule has 88 valence electrons. The van der Waals surface area contributed by atoms with Crippen LogP contribution in [0.1, 0.15) is 18.1 Å². The maximum absolute atomic E-state index is 12.9. The summed E-state index contributed by atoms with van der Waals surface area (Å²) in [5.74, 6) is -0.0736. The van der Waals surface area contributed by atoms with E-state index >= 15 is 0 Å².